The Bertz CT molecular complexity index is 5240. The lowest BCUT2D eigenvalue weighted by Crippen LogP contribution is -2.63. The van der Waals surface area contributed by atoms with E-state index in [1.165, 1.54) is 55.6 Å². The predicted molar refractivity (Wildman–Crippen MR) is 427 cm³/mol. The van der Waals surface area contributed by atoms with Gasteiger partial charge in [-0.1, -0.05) is 77.8 Å². The van der Waals surface area contributed by atoms with Crippen LogP contribution in [0.5, 0.6) is 51.7 Å². The van der Waals surface area contributed by atoms with Gasteiger partial charge in [-0.2, -0.15) is 0 Å². The van der Waals surface area contributed by atoms with E-state index in [2.05, 4.69) is 31.9 Å². The molecule has 0 aliphatic carbocycles. The van der Waals surface area contributed by atoms with Gasteiger partial charge in [0.2, 0.25) is 53.6 Å². The second kappa shape index (κ2) is 38.2. The fraction of sp³-hybridized carbons (Fsp3) is 0.398. The molecule has 7 aromatic carbocycles. The fourth-order valence-corrected chi connectivity index (χ4v) is 16.1. The van der Waals surface area contributed by atoms with Crippen molar-refractivity contribution in [3.63, 3.8) is 0 Å². The molecule has 24 N–H and O–H groups in total. The molecular formula is C83H88Cl2N8O33. The molecule has 26 atom stereocenters. The second-order valence-corrected chi connectivity index (χ2v) is 31.6. The van der Waals surface area contributed by atoms with E-state index < -0.39 is 317 Å². The predicted octanol–water partition coefficient (Wildman–Crippen LogP) is -1.06. The van der Waals surface area contributed by atoms with E-state index in [0.717, 1.165) is 66.7 Å². The first-order valence-electron chi connectivity index (χ1n) is 39.3. The number of nitrogens with two attached hydrogens (primary N) is 2. The quantitative estimate of drug-likeness (QED) is 0.0382. The maximum atomic E-state index is 16.8. The van der Waals surface area contributed by atoms with Crippen molar-refractivity contribution in [2.75, 3.05) is 20.3 Å². The van der Waals surface area contributed by atoms with Crippen molar-refractivity contribution < 1.29 is 162 Å². The van der Waals surface area contributed by atoms with Crippen LogP contribution in [0.15, 0.2) is 133 Å². The summed E-state index contributed by atoms with van der Waals surface area (Å²) in [6, 6.07) is 9.95. The van der Waals surface area contributed by atoms with Gasteiger partial charge >= 0.3 is 5.97 Å². The van der Waals surface area contributed by atoms with Crippen LogP contribution in [0.3, 0.4) is 0 Å². The average Bonchev–Trinajstić information content (AvgIpc) is 0.789. The number of aliphatic carboxylic acids is 1. The van der Waals surface area contributed by atoms with E-state index >= 15 is 24.0 Å². The zero-order valence-electron chi connectivity index (χ0n) is 66.2. The first-order valence-corrected chi connectivity index (χ1v) is 40.1. The first kappa shape index (κ1) is 91.1. The third-order valence-electron chi connectivity index (χ3n) is 22.3. The van der Waals surface area contributed by atoms with Crippen molar-refractivity contribution in [3.05, 3.63) is 182 Å². The summed E-state index contributed by atoms with van der Waals surface area (Å²) < 4.78 is 68.9. The van der Waals surface area contributed by atoms with Gasteiger partial charge < -0.3 is 167 Å². The number of ether oxygens (including phenoxy) is 11. The van der Waals surface area contributed by atoms with Crippen molar-refractivity contribution in [2.24, 2.45) is 11.5 Å². The molecule has 11 bridgehead atoms. The number of nitrogens with one attached hydrogen (secondary N) is 6. The third kappa shape index (κ3) is 19.1. The van der Waals surface area contributed by atoms with Gasteiger partial charge in [-0.15, -0.1) is 0 Å². The molecule has 126 heavy (non-hydrogen) atoms. The van der Waals surface area contributed by atoms with E-state index in [1.54, 1.807) is 25.1 Å². The molecule has 672 valence electrons. The molecule has 0 saturated carbocycles. The van der Waals surface area contributed by atoms with Crippen LogP contribution in [-0.2, 0) is 73.1 Å². The number of hydrogen-bond acceptors (Lipinski definition) is 34. The van der Waals surface area contributed by atoms with Crippen LogP contribution in [0.25, 0.3) is 11.1 Å². The zero-order chi connectivity index (χ0) is 90.3. The molecule has 0 aromatic heterocycles. The lowest BCUT2D eigenvalue weighted by Gasteiger charge is -2.44. The van der Waals surface area contributed by atoms with Gasteiger partial charge in [0.15, 0.2) is 42.5 Å². The van der Waals surface area contributed by atoms with Crippen LogP contribution in [0.1, 0.15) is 93.8 Å². The van der Waals surface area contributed by atoms with Crippen LogP contribution >= 0.6 is 23.2 Å². The summed E-state index contributed by atoms with van der Waals surface area (Å²) in [4.78, 5) is 123. The molecule has 26 unspecified atom stereocenters. The minimum absolute atomic E-state index is 0.184. The molecule has 4 saturated heterocycles. The number of benzene rings is 7. The number of hydrogen-bond donors (Lipinski definition) is 22. The Morgan fingerprint density at radius 3 is 1.86 bits per heavy atom. The van der Waals surface area contributed by atoms with Crippen molar-refractivity contribution >= 4 is 70.4 Å². The number of halogens is 2. The number of phenolic OH excluding ortho intramolecular Hbond substituents is 3. The summed E-state index contributed by atoms with van der Waals surface area (Å²) in [5, 5.41) is 172. The Kier molecular flexibility index (Phi) is 27.7. The summed E-state index contributed by atoms with van der Waals surface area (Å²) in [5.74, 6) is -17.4. The number of amides is 6. The molecule has 16 rings (SSSR count). The maximum Gasteiger partial charge on any atom is 0.330 e. The highest BCUT2D eigenvalue weighted by Crippen LogP contribution is 2.50. The zero-order valence-corrected chi connectivity index (χ0v) is 67.7. The minimum Gasteiger partial charge on any atom is -0.508 e. The topological polar surface area (TPSA) is 646 Å². The smallest absolute Gasteiger partial charge is 0.330 e. The average molecular weight is 1800 g/mol. The number of aliphatic hydroxyl groups excluding tert-OH is 10. The van der Waals surface area contributed by atoms with Crippen LogP contribution in [0.4, 0.5) is 0 Å². The lowest BCUT2D eigenvalue weighted by atomic mass is 9.89. The Labute approximate surface area is 723 Å². The largest absolute Gasteiger partial charge is 0.508 e. The number of carboxylic acid groups (broad SMARTS) is 1. The second-order valence-electron chi connectivity index (χ2n) is 30.8. The third-order valence-corrected chi connectivity index (χ3v) is 22.9. The number of carboxylic acids is 1. The summed E-state index contributed by atoms with van der Waals surface area (Å²) in [7, 11) is 1.37. The molecule has 0 spiro atoms. The van der Waals surface area contributed by atoms with Gasteiger partial charge in [0, 0.05) is 66.8 Å². The first-order chi connectivity index (χ1) is 60.1. The molecule has 9 heterocycles. The normalized spacial score (nSPS) is 31.8. The van der Waals surface area contributed by atoms with Crippen LogP contribution in [0, 0.1) is 0 Å². The number of aromatic hydroxyl groups is 3. The van der Waals surface area contributed by atoms with E-state index in [-0.39, 0.29) is 33.9 Å². The number of ketones is 1. The number of phenols is 3. The monoisotopic (exact) mass is 1790 g/mol. The van der Waals surface area contributed by atoms with E-state index in [1.807, 2.05) is 0 Å². The standard InChI is InChI=1S/C83H88Cl2N8O33/c1-30-70(116-2)44(87)27-54(117-30)123-71-35-12-17-48(42(85)21-35)119-51-23-36-22-50(72(51)126-83-73(68(105)66(103)53(29-95)122-83)124-55-26-43(86)64(101)81(115)125-55)118-38-13-8-32(9-14-38)62(99)60(92-79(112)63(100)34-11-16-47(98)41(84)20-34)77(110)88-45(18-31-6-4-3-5-7-31)74(107)89-58(36)76(109)90-57-33-10-15-46(97)39(19-33)56-40(59(80(113)114)91-78(111)61(71)93-75(57)108)24-37(96)25-49(56)120-82-69(106)67(104)65(102)52(28-94)121-82/h3-17,19-25,30,43-45,52-55,57-62,64-71,73,81-83,94-99,101-106,115H,18,26-29,86-87H2,1-2H3,(H,88,110)(H,89,107)(H,90,109)(H,91,111)(H,92,112)(H,93,108)(H,113,114). The highest BCUT2D eigenvalue weighted by atomic mass is 35.5. The van der Waals surface area contributed by atoms with Crippen molar-refractivity contribution in [1.29, 1.82) is 0 Å². The minimum atomic E-state index is -2.45. The summed E-state index contributed by atoms with van der Waals surface area (Å²) in [6.45, 7) is -0.457. The van der Waals surface area contributed by atoms with Gasteiger partial charge in [-0.25, -0.2) is 4.79 Å². The van der Waals surface area contributed by atoms with Gasteiger partial charge in [0.1, 0.15) is 126 Å². The van der Waals surface area contributed by atoms with E-state index in [0.29, 0.717) is 0 Å². The van der Waals surface area contributed by atoms with Crippen molar-refractivity contribution in [2.45, 2.75) is 185 Å². The van der Waals surface area contributed by atoms with Crippen molar-refractivity contribution in [3.8, 4) is 62.9 Å². The lowest BCUT2D eigenvalue weighted by molar-refractivity contribution is -0.348. The molecular weight excluding hydrogens is 1710 g/mol. The Morgan fingerprint density at radius 2 is 1.19 bits per heavy atom. The number of Topliss-reactive ketones (excluding diaryl/α,β-unsaturated/α-hetero) is 1. The fourth-order valence-electron chi connectivity index (χ4n) is 15.7. The maximum absolute atomic E-state index is 16.8. The van der Waals surface area contributed by atoms with Gasteiger partial charge in [-0.05, 0) is 108 Å². The Balaban J connectivity index is 1.01. The van der Waals surface area contributed by atoms with Crippen LogP contribution < -0.4 is 62.3 Å². The molecule has 6 amide bonds. The summed E-state index contributed by atoms with van der Waals surface area (Å²) in [5.41, 5.74) is 9.63. The van der Waals surface area contributed by atoms with Gasteiger partial charge in [0.25, 0.3) is 5.91 Å². The van der Waals surface area contributed by atoms with Crippen LogP contribution in [0.2, 0.25) is 10.0 Å². The number of carbonyl (C=O) groups is 8. The molecule has 4 fully saturated rings. The number of carbonyl (C=O) groups excluding carboxylic acids is 7. The van der Waals surface area contributed by atoms with E-state index in [4.69, 9.17) is 86.8 Å². The molecule has 43 heteroatoms. The SMILES string of the molecule is COC1C(N)CC(OC2c3ccc(c(Cl)c3)Oc3cc4cc(c3OC3OC(CO)C(O)C(O)C3OC3CC(N)C(O)C(O)O3)Oc3ccc(cc3)C(O)C(NC(=O)C(=O)c3ccc(O)c(Cl)c3)C(=O)NC(Cc3ccccc3)C(=O)NC4C(=O)NC3C(=O)NC2C(=O)NC(C(=O)O)c2cc(O)cc(OC4OC(CO)C(O)C(O)C4O)c2-c2cc3ccc2O)OC1C. The van der Waals surface area contributed by atoms with E-state index in [9.17, 15) is 85.9 Å². The Morgan fingerprint density at radius 1 is 0.556 bits per heavy atom. The highest BCUT2D eigenvalue weighted by Gasteiger charge is 2.52. The van der Waals surface area contributed by atoms with Crippen molar-refractivity contribution in [1.82, 2.24) is 31.9 Å². The highest BCUT2D eigenvalue weighted by molar-refractivity contribution is 6.44. The van der Waals surface area contributed by atoms with Crippen LogP contribution in [-0.4, -0.2) is 268 Å². The summed E-state index contributed by atoms with van der Waals surface area (Å²) >= 11 is 13.6. The Hall–Kier alpha value is -11.1. The summed E-state index contributed by atoms with van der Waals surface area (Å²) in [6.07, 6.45) is -34.0. The molecule has 9 aliphatic rings. The molecule has 9 aliphatic heterocycles. The molecule has 0 radical (unpaired) electrons. The molecule has 41 nitrogen and oxygen atoms in total. The molecule has 7 aromatic rings. The van der Waals surface area contributed by atoms with Gasteiger partial charge in [-0.3, -0.25) is 33.6 Å². The van der Waals surface area contributed by atoms with Gasteiger partial charge in [0.05, 0.1) is 35.5 Å². The number of methoxy groups -OCH3 is 1. The number of fused-ring (bicyclic) bond motifs is 15. The number of aliphatic hydroxyl groups is 10. The number of rotatable bonds is 17.